The summed E-state index contributed by atoms with van der Waals surface area (Å²) in [4.78, 5) is 0. The van der Waals surface area contributed by atoms with Crippen molar-refractivity contribution in [3.05, 3.63) is 0 Å². The molecule has 0 aromatic rings. The highest BCUT2D eigenvalue weighted by molar-refractivity contribution is 4.94. The van der Waals surface area contributed by atoms with Gasteiger partial charge in [0.2, 0.25) is 0 Å². The van der Waals surface area contributed by atoms with E-state index in [1.807, 2.05) is 6.92 Å². The summed E-state index contributed by atoms with van der Waals surface area (Å²) < 4.78 is 0. The highest BCUT2D eigenvalue weighted by Gasteiger charge is 1.93. The third kappa shape index (κ3) is 11.5. The van der Waals surface area contributed by atoms with Crippen molar-refractivity contribution in [2.45, 2.75) is 46.5 Å². The van der Waals surface area contributed by atoms with Crippen LogP contribution in [-0.4, -0.2) is 13.1 Å². The van der Waals surface area contributed by atoms with Crippen molar-refractivity contribution in [2.24, 2.45) is 5.92 Å². The van der Waals surface area contributed by atoms with E-state index in [1.54, 1.807) is 0 Å². The Bertz CT molecular complexity index is 150. The van der Waals surface area contributed by atoms with Crippen LogP contribution in [0.3, 0.4) is 0 Å². The van der Waals surface area contributed by atoms with Crippen LogP contribution in [0.25, 0.3) is 0 Å². The number of hydrogen-bond donors (Lipinski definition) is 1. The van der Waals surface area contributed by atoms with Crippen LogP contribution in [0.15, 0.2) is 0 Å². The van der Waals surface area contributed by atoms with Gasteiger partial charge in [-0.1, -0.05) is 26.7 Å². The highest BCUT2D eigenvalue weighted by Crippen LogP contribution is 2.04. The van der Waals surface area contributed by atoms with Crippen LogP contribution < -0.4 is 5.32 Å². The topological polar surface area (TPSA) is 12.0 Å². The molecule has 0 radical (unpaired) electrons. The summed E-state index contributed by atoms with van der Waals surface area (Å²) in [6.07, 6.45) is 5.00. The summed E-state index contributed by atoms with van der Waals surface area (Å²) in [5.74, 6) is 6.79. The second-order valence-corrected chi connectivity index (χ2v) is 3.82. The molecule has 1 nitrogen and oxygen atoms in total. The molecule has 1 heteroatoms. The van der Waals surface area contributed by atoms with Crippen LogP contribution in [0, 0.1) is 17.8 Å². The van der Waals surface area contributed by atoms with Crippen LogP contribution in [-0.2, 0) is 0 Å². The molecule has 0 fully saturated rings. The minimum atomic E-state index is 0.853. The van der Waals surface area contributed by atoms with E-state index in [0.717, 1.165) is 25.4 Å². The van der Waals surface area contributed by atoms with Crippen molar-refractivity contribution in [1.29, 1.82) is 0 Å². The van der Waals surface area contributed by atoms with E-state index < -0.39 is 0 Å². The summed E-state index contributed by atoms with van der Waals surface area (Å²) in [5, 5.41) is 3.39. The lowest BCUT2D eigenvalue weighted by Crippen LogP contribution is -2.16. The van der Waals surface area contributed by atoms with E-state index >= 15 is 0 Å². The molecular formula is C12H23N. The maximum absolute atomic E-state index is 3.39. The van der Waals surface area contributed by atoms with Crippen molar-refractivity contribution in [1.82, 2.24) is 5.32 Å². The zero-order valence-corrected chi connectivity index (χ0v) is 9.32. The molecule has 13 heavy (non-hydrogen) atoms. The van der Waals surface area contributed by atoms with Crippen molar-refractivity contribution >= 4 is 0 Å². The smallest absolute Gasteiger partial charge is 0.0214 e. The van der Waals surface area contributed by atoms with Crippen LogP contribution in [0.2, 0.25) is 0 Å². The Morgan fingerprint density at radius 2 is 1.92 bits per heavy atom. The second-order valence-electron chi connectivity index (χ2n) is 3.82. The zero-order valence-electron chi connectivity index (χ0n) is 9.32. The fourth-order valence-electron chi connectivity index (χ4n) is 1.20. The number of rotatable bonds is 7. The molecule has 0 rings (SSSR count). The predicted octanol–water partition coefficient (Wildman–Crippen LogP) is 2.82. The van der Waals surface area contributed by atoms with Crippen LogP contribution in [0.4, 0.5) is 0 Å². The molecule has 0 aliphatic carbocycles. The fraction of sp³-hybridized carbons (Fsp3) is 0.833. The highest BCUT2D eigenvalue weighted by atomic mass is 14.8. The van der Waals surface area contributed by atoms with E-state index in [-0.39, 0.29) is 0 Å². The first kappa shape index (κ1) is 12.5. The van der Waals surface area contributed by atoms with Gasteiger partial charge in [0, 0.05) is 13.0 Å². The Labute approximate surface area is 83.3 Å². The van der Waals surface area contributed by atoms with Crippen molar-refractivity contribution < 1.29 is 0 Å². The van der Waals surface area contributed by atoms with Gasteiger partial charge in [-0.25, -0.2) is 0 Å². The standard InChI is InChI=1S/C12H23N/c1-4-5-7-10-13-11-8-6-9-12(2)3/h12-13H,6-11H2,1-3H3. The quantitative estimate of drug-likeness (QED) is 0.470. The van der Waals surface area contributed by atoms with Crippen LogP contribution in [0.1, 0.15) is 46.5 Å². The molecule has 0 bridgehead atoms. The third-order valence-electron chi connectivity index (χ3n) is 1.99. The summed E-state index contributed by atoms with van der Waals surface area (Å²) in [7, 11) is 0. The lowest BCUT2D eigenvalue weighted by atomic mass is 10.1. The molecule has 0 saturated heterocycles. The zero-order chi connectivity index (χ0) is 9.94. The summed E-state index contributed by atoms with van der Waals surface area (Å²) in [6.45, 7) is 8.65. The first-order valence-electron chi connectivity index (χ1n) is 5.37. The van der Waals surface area contributed by atoms with Gasteiger partial charge >= 0.3 is 0 Å². The van der Waals surface area contributed by atoms with E-state index in [9.17, 15) is 0 Å². The average molecular weight is 181 g/mol. The predicted molar refractivity (Wildman–Crippen MR) is 59.6 cm³/mol. The SMILES string of the molecule is CC#CCCNCCCCC(C)C. The van der Waals surface area contributed by atoms with Crippen molar-refractivity contribution in [3.8, 4) is 11.8 Å². The Morgan fingerprint density at radius 3 is 2.54 bits per heavy atom. The van der Waals surface area contributed by atoms with E-state index in [2.05, 4.69) is 31.0 Å². The molecule has 0 atom stereocenters. The first-order chi connectivity index (χ1) is 6.27. The Kier molecular flexibility index (Phi) is 9.25. The largest absolute Gasteiger partial charge is 0.316 e. The summed E-state index contributed by atoms with van der Waals surface area (Å²) >= 11 is 0. The monoisotopic (exact) mass is 181 g/mol. The number of unbranched alkanes of at least 4 members (excludes halogenated alkanes) is 1. The van der Waals surface area contributed by atoms with Gasteiger partial charge in [0.05, 0.1) is 0 Å². The minimum Gasteiger partial charge on any atom is -0.316 e. The van der Waals surface area contributed by atoms with E-state index in [4.69, 9.17) is 0 Å². The van der Waals surface area contributed by atoms with Crippen LogP contribution in [0.5, 0.6) is 0 Å². The normalized spacial score (nSPS) is 9.85. The number of nitrogens with one attached hydrogen (secondary N) is 1. The molecule has 0 spiro atoms. The van der Waals surface area contributed by atoms with Gasteiger partial charge in [0.15, 0.2) is 0 Å². The van der Waals surface area contributed by atoms with Gasteiger partial charge in [-0.3, -0.25) is 0 Å². The molecule has 76 valence electrons. The first-order valence-corrected chi connectivity index (χ1v) is 5.37. The van der Waals surface area contributed by atoms with Gasteiger partial charge < -0.3 is 5.32 Å². The molecule has 0 unspecified atom stereocenters. The Morgan fingerprint density at radius 1 is 1.15 bits per heavy atom. The molecule has 0 aliphatic rings. The van der Waals surface area contributed by atoms with Gasteiger partial charge in [-0.15, -0.1) is 11.8 Å². The molecule has 0 amide bonds. The maximum Gasteiger partial charge on any atom is 0.0214 e. The molecule has 0 aromatic heterocycles. The lowest BCUT2D eigenvalue weighted by Gasteiger charge is -2.04. The second kappa shape index (κ2) is 9.61. The minimum absolute atomic E-state index is 0.853. The fourth-order valence-corrected chi connectivity index (χ4v) is 1.20. The Hall–Kier alpha value is -0.480. The number of hydrogen-bond acceptors (Lipinski definition) is 1. The van der Waals surface area contributed by atoms with Gasteiger partial charge in [0.1, 0.15) is 0 Å². The molecule has 1 N–H and O–H groups in total. The molecular weight excluding hydrogens is 158 g/mol. The van der Waals surface area contributed by atoms with E-state index in [1.165, 1.54) is 19.3 Å². The van der Waals surface area contributed by atoms with Crippen molar-refractivity contribution in [2.75, 3.05) is 13.1 Å². The molecule has 0 saturated carbocycles. The summed E-state index contributed by atoms with van der Waals surface area (Å²) in [6, 6.07) is 0. The Balaban J connectivity index is 2.94. The molecule has 0 aromatic carbocycles. The van der Waals surface area contributed by atoms with Crippen molar-refractivity contribution in [3.63, 3.8) is 0 Å². The van der Waals surface area contributed by atoms with Gasteiger partial charge in [0.25, 0.3) is 0 Å². The van der Waals surface area contributed by atoms with E-state index in [0.29, 0.717) is 0 Å². The summed E-state index contributed by atoms with van der Waals surface area (Å²) in [5.41, 5.74) is 0. The molecule has 0 aliphatic heterocycles. The maximum atomic E-state index is 3.39. The van der Waals surface area contributed by atoms with Crippen LogP contribution >= 0.6 is 0 Å². The van der Waals surface area contributed by atoms with Gasteiger partial charge in [-0.2, -0.15) is 0 Å². The third-order valence-corrected chi connectivity index (χ3v) is 1.99. The lowest BCUT2D eigenvalue weighted by molar-refractivity contribution is 0.522. The molecule has 0 heterocycles. The average Bonchev–Trinajstić information content (AvgIpc) is 2.09. The van der Waals surface area contributed by atoms with Gasteiger partial charge in [-0.05, 0) is 25.8 Å².